The summed E-state index contributed by atoms with van der Waals surface area (Å²) in [5.74, 6) is -0.504. The zero-order valence-corrected chi connectivity index (χ0v) is 10.2. The maximum atomic E-state index is 13.6. The third-order valence-corrected chi connectivity index (χ3v) is 2.78. The number of halogens is 2. The normalized spacial score (nSPS) is 10.8. The lowest BCUT2D eigenvalue weighted by Gasteiger charge is -2.07. The molecule has 0 aliphatic rings. The number of hydrogen-bond donors (Lipinski definition) is 0. The van der Waals surface area contributed by atoms with Crippen molar-refractivity contribution in [2.24, 2.45) is 0 Å². The lowest BCUT2D eigenvalue weighted by atomic mass is 10.0. The Bertz CT molecular complexity index is 332. The molecule has 0 amide bonds. The first kappa shape index (κ1) is 13.1. The highest BCUT2D eigenvalue weighted by atomic mass is 19.1. The average Bonchev–Trinajstić information content (AvgIpc) is 2.25. The lowest BCUT2D eigenvalue weighted by Crippen LogP contribution is -1.98. The van der Waals surface area contributed by atoms with E-state index < -0.39 is 0 Å². The Morgan fingerprint density at radius 2 is 1.38 bits per heavy atom. The molecule has 16 heavy (non-hydrogen) atoms. The van der Waals surface area contributed by atoms with Crippen LogP contribution in [-0.2, 0) is 12.8 Å². The summed E-state index contributed by atoms with van der Waals surface area (Å²) in [5, 5.41) is 0. The fraction of sp³-hybridized carbons (Fsp3) is 0.571. The number of unbranched alkanes of at least 4 members (excludes halogenated alkanes) is 2. The SMILES string of the molecule is CCCCCc1cc(F)c(CCC)cc1F. The standard InChI is InChI=1S/C14H20F2/c1-3-5-6-8-12-10-13(15)11(7-4-2)9-14(12)16/h9-10H,3-8H2,1-2H3. The lowest BCUT2D eigenvalue weighted by molar-refractivity contribution is 0.564. The van der Waals surface area contributed by atoms with Crippen LogP contribution in [0.5, 0.6) is 0 Å². The van der Waals surface area contributed by atoms with Gasteiger partial charge in [0.2, 0.25) is 0 Å². The second-order valence-corrected chi connectivity index (χ2v) is 4.24. The fourth-order valence-electron chi connectivity index (χ4n) is 1.85. The van der Waals surface area contributed by atoms with E-state index in [-0.39, 0.29) is 11.6 Å². The maximum absolute atomic E-state index is 13.6. The van der Waals surface area contributed by atoms with Crippen molar-refractivity contribution >= 4 is 0 Å². The Kier molecular flexibility index (Phi) is 5.44. The zero-order chi connectivity index (χ0) is 12.0. The molecule has 0 fully saturated rings. The van der Waals surface area contributed by atoms with Gasteiger partial charge in [0.25, 0.3) is 0 Å². The minimum absolute atomic E-state index is 0.249. The topological polar surface area (TPSA) is 0 Å². The Labute approximate surface area is 96.7 Å². The van der Waals surface area contributed by atoms with E-state index in [1.807, 2.05) is 6.92 Å². The van der Waals surface area contributed by atoms with E-state index in [1.54, 1.807) is 0 Å². The molecule has 0 aliphatic heterocycles. The Morgan fingerprint density at radius 1 is 0.812 bits per heavy atom. The van der Waals surface area contributed by atoms with Crippen LogP contribution in [0.3, 0.4) is 0 Å². The first-order valence-corrected chi connectivity index (χ1v) is 6.15. The van der Waals surface area contributed by atoms with Gasteiger partial charge in [0.15, 0.2) is 0 Å². The van der Waals surface area contributed by atoms with Crippen molar-refractivity contribution in [3.63, 3.8) is 0 Å². The van der Waals surface area contributed by atoms with Crippen molar-refractivity contribution in [3.8, 4) is 0 Å². The van der Waals surface area contributed by atoms with Gasteiger partial charge in [-0.1, -0.05) is 33.1 Å². The van der Waals surface area contributed by atoms with Gasteiger partial charge in [0.05, 0.1) is 0 Å². The fourth-order valence-corrected chi connectivity index (χ4v) is 1.85. The van der Waals surface area contributed by atoms with E-state index >= 15 is 0 Å². The first-order valence-electron chi connectivity index (χ1n) is 6.15. The predicted molar refractivity (Wildman–Crippen MR) is 63.6 cm³/mol. The highest BCUT2D eigenvalue weighted by Crippen LogP contribution is 2.18. The molecule has 0 saturated carbocycles. The second kappa shape index (κ2) is 6.62. The van der Waals surface area contributed by atoms with Crippen molar-refractivity contribution in [1.82, 2.24) is 0 Å². The molecule has 1 rings (SSSR count). The Morgan fingerprint density at radius 3 is 1.88 bits per heavy atom. The summed E-state index contributed by atoms with van der Waals surface area (Å²) in [7, 11) is 0. The van der Waals surface area contributed by atoms with E-state index in [4.69, 9.17) is 0 Å². The summed E-state index contributed by atoms with van der Waals surface area (Å²) < 4.78 is 27.2. The van der Waals surface area contributed by atoms with Gasteiger partial charge in [-0.05, 0) is 42.5 Å². The molecule has 0 bridgehead atoms. The molecule has 0 atom stereocenters. The summed E-state index contributed by atoms with van der Waals surface area (Å²) in [6, 6.07) is 2.73. The molecule has 90 valence electrons. The molecule has 0 spiro atoms. The molecular formula is C14H20F2. The van der Waals surface area contributed by atoms with E-state index in [9.17, 15) is 8.78 Å². The third kappa shape index (κ3) is 3.58. The Hall–Kier alpha value is -0.920. The molecule has 1 aromatic carbocycles. The summed E-state index contributed by atoms with van der Waals surface area (Å²) >= 11 is 0. The van der Waals surface area contributed by atoms with Gasteiger partial charge in [-0.15, -0.1) is 0 Å². The van der Waals surface area contributed by atoms with Crippen LogP contribution in [0, 0.1) is 11.6 Å². The van der Waals surface area contributed by atoms with Crippen LogP contribution in [0.15, 0.2) is 12.1 Å². The van der Waals surface area contributed by atoms with Crippen molar-refractivity contribution in [3.05, 3.63) is 34.9 Å². The molecule has 0 nitrogen and oxygen atoms in total. The van der Waals surface area contributed by atoms with Crippen LogP contribution in [-0.4, -0.2) is 0 Å². The van der Waals surface area contributed by atoms with Crippen LogP contribution < -0.4 is 0 Å². The highest BCUT2D eigenvalue weighted by Gasteiger charge is 2.08. The van der Waals surface area contributed by atoms with Crippen LogP contribution in [0.25, 0.3) is 0 Å². The largest absolute Gasteiger partial charge is 0.207 e. The summed E-state index contributed by atoms with van der Waals surface area (Å²) in [6.45, 7) is 4.06. The van der Waals surface area contributed by atoms with E-state index in [0.717, 1.165) is 25.7 Å². The van der Waals surface area contributed by atoms with Gasteiger partial charge in [0, 0.05) is 0 Å². The van der Waals surface area contributed by atoms with Crippen LogP contribution in [0.2, 0.25) is 0 Å². The van der Waals surface area contributed by atoms with Gasteiger partial charge >= 0.3 is 0 Å². The highest BCUT2D eigenvalue weighted by molar-refractivity contribution is 5.26. The van der Waals surface area contributed by atoms with Gasteiger partial charge in [-0.25, -0.2) is 8.78 Å². The number of benzene rings is 1. The Balaban J connectivity index is 2.75. The molecule has 0 unspecified atom stereocenters. The number of rotatable bonds is 6. The molecule has 0 saturated heterocycles. The minimum Gasteiger partial charge on any atom is -0.207 e. The van der Waals surface area contributed by atoms with Gasteiger partial charge in [-0.3, -0.25) is 0 Å². The van der Waals surface area contributed by atoms with Crippen LogP contribution in [0.4, 0.5) is 8.78 Å². The monoisotopic (exact) mass is 226 g/mol. The molecule has 0 radical (unpaired) electrons. The molecule has 0 N–H and O–H groups in total. The average molecular weight is 226 g/mol. The molecular weight excluding hydrogens is 206 g/mol. The van der Waals surface area contributed by atoms with Crippen molar-refractivity contribution in [2.45, 2.75) is 52.4 Å². The third-order valence-electron chi connectivity index (χ3n) is 2.78. The van der Waals surface area contributed by atoms with Crippen molar-refractivity contribution in [1.29, 1.82) is 0 Å². The summed E-state index contributed by atoms with van der Waals surface area (Å²) in [6.07, 6.45) is 5.18. The summed E-state index contributed by atoms with van der Waals surface area (Å²) in [5.41, 5.74) is 1.02. The zero-order valence-electron chi connectivity index (χ0n) is 10.2. The van der Waals surface area contributed by atoms with E-state index in [2.05, 4.69) is 6.92 Å². The van der Waals surface area contributed by atoms with Gasteiger partial charge in [0.1, 0.15) is 11.6 Å². The minimum atomic E-state index is -0.255. The maximum Gasteiger partial charge on any atom is 0.126 e. The molecule has 2 heteroatoms. The smallest absolute Gasteiger partial charge is 0.126 e. The molecule has 0 heterocycles. The van der Waals surface area contributed by atoms with Crippen molar-refractivity contribution < 1.29 is 8.78 Å². The molecule has 0 aliphatic carbocycles. The quantitative estimate of drug-likeness (QED) is 0.619. The molecule has 0 aromatic heterocycles. The van der Waals surface area contributed by atoms with Crippen LogP contribution >= 0.6 is 0 Å². The summed E-state index contributed by atoms with van der Waals surface area (Å²) in [4.78, 5) is 0. The van der Waals surface area contributed by atoms with Gasteiger partial charge in [-0.2, -0.15) is 0 Å². The molecule has 1 aromatic rings. The van der Waals surface area contributed by atoms with E-state index in [1.165, 1.54) is 12.1 Å². The van der Waals surface area contributed by atoms with Crippen LogP contribution in [0.1, 0.15) is 50.7 Å². The van der Waals surface area contributed by atoms with Crippen molar-refractivity contribution in [2.75, 3.05) is 0 Å². The number of hydrogen-bond acceptors (Lipinski definition) is 0. The van der Waals surface area contributed by atoms with Gasteiger partial charge < -0.3 is 0 Å². The number of aryl methyl sites for hydroxylation is 2. The predicted octanol–water partition coefficient (Wildman–Crippen LogP) is 4.65. The second-order valence-electron chi connectivity index (χ2n) is 4.24. The first-order chi connectivity index (χ1) is 7.69. The van der Waals surface area contributed by atoms with E-state index in [0.29, 0.717) is 24.0 Å².